The van der Waals surface area contributed by atoms with Gasteiger partial charge in [-0.15, -0.1) is 0 Å². The molecule has 96 valence electrons. The van der Waals surface area contributed by atoms with E-state index in [1.807, 2.05) is 36.0 Å². The van der Waals surface area contributed by atoms with E-state index < -0.39 is 6.10 Å². The third kappa shape index (κ3) is 2.24. The molecular formula is C14H18N2O2. The molecule has 0 aliphatic heterocycles. The van der Waals surface area contributed by atoms with Crippen LogP contribution in [0.15, 0.2) is 30.5 Å². The Hall–Kier alpha value is -1.81. The highest BCUT2D eigenvalue weighted by Crippen LogP contribution is 2.21. The van der Waals surface area contributed by atoms with Crippen molar-refractivity contribution in [3.05, 3.63) is 36.0 Å². The van der Waals surface area contributed by atoms with E-state index in [4.69, 9.17) is 0 Å². The number of para-hydroxylation sites is 1. The van der Waals surface area contributed by atoms with Crippen LogP contribution in [0.1, 0.15) is 12.5 Å². The first-order chi connectivity index (χ1) is 8.50. The smallest absolute Gasteiger partial charge is 0.251 e. The monoisotopic (exact) mass is 246 g/mol. The van der Waals surface area contributed by atoms with E-state index >= 15 is 0 Å². The van der Waals surface area contributed by atoms with Gasteiger partial charge in [0.05, 0.1) is 0 Å². The Morgan fingerprint density at radius 2 is 2.11 bits per heavy atom. The number of likely N-dealkylation sites (N-methyl/N-ethyl adjacent to an activating group) is 1. The van der Waals surface area contributed by atoms with Crippen LogP contribution >= 0.6 is 0 Å². The minimum absolute atomic E-state index is 0.261. The van der Waals surface area contributed by atoms with Crippen LogP contribution in [0, 0.1) is 0 Å². The molecule has 1 heterocycles. The van der Waals surface area contributed by atoms with Gasteiger partial charge >= 0.3 is 0 Å². The summed E-state index contributed by atoms with van der Waals surface area (Å²) in [7, 11) is 3.69. The minimum atomic E-state index is -0.954. The standard InChI is InChI=1S/C14H18N2O2/c1-10(17)14(18)16(3)9-11-8-15(2)13-7-5-4-6-12(11)13/h4-8,10,17H,9H2,1-3H3. The second-order valence-corrected chi connectivity index (χ2v) is 4.65. The average molecular weight is 246 g/mol. The lowest BCUT2D eigenvalue weighted by Crippen LogP contribution is -2.34. The highest BCUT2D eigenvalue weighted by atomic mass is 16.3. The summed E-state index contributed by atoms with van der Waals surface area (Å²) < 4.78 is 2.05. The topological polar surface area (TPSA) is 45.5 Å². The number of aliphatic hydroxyl groups excluding tert-OH is 1. The molecule has 0 aliphatic rings. The highest BCUT2D eigenvalue weighted by Gasteiger charge is 2.16. The summed E-state index contributed by atoms with van der Waals surface area (Å²) in [6.45, 7) is 1.99. The van der Waals surface area contributed by atoms with Gasteiger partial charge < -0.3 is 14.6 Å². The third-order valence-corrected chi connectivity index (χ3v) is 3.12. The molecule has 2 rings (SSSR count). The number of carbonyl (C=O) groups excluding carboxylic acids is 1. The number of hydrogen-bond acceptors (Lipinski definition) is 2. The Bertz CT molecular complexity index is 572. The second kappa shape index (κ2) is 4.82. The van der Waals surface area contributed by atoms with Crippen molar-refractivity contribution >= 4 is 16.8 Å². The zero-order valence-corrected chi connectivity index (χ0v) is 10.9. The van der Waals surface area contributed by atoms with Crippen LogP contribution in [0.25, 0.3) is 10.9 Å². The molecule has 0 aliphatic carbocycles. The van der Waals surface area contributed by atoms with Gasteiger partial charge in [0.1, 0.15) is 6.10 Å². The first kappa shape index (κ1) is 12.6. The van der Waals surface area contributed by atoms with Gasteiger partial charge in [-0.2, -0.15) is 0 Å². The van der Waals surface area contributed by atoms with Gasteiger partial charge in [-0.25, -0.2) is 0 Å². The van der Waals surface area contributed by atoms with E-state index in [2.05, 4.69) is 6.07 Å². The lowest BCUT2D eigenvalue weighted by atomic mass is 10.1. The molecule has 4 heteroatoms. The first-order valence-electron chi connectivity index (χ1n) is 5.96. The number of aromatic nitrogens is 1. The summed E-state index contributed by atoms with van der Waals surface area (Å²) in [5.74, 6) is -0.261. The molecule has 1 atom stereocenters. The van der Waals surface area contributed by atoms with Crippen molar-refractivity contribution in [2.45, 2.75) is 19.6 Å². The fourth-order valence-electron chi connectivity index (χ4n) is 2.20. The molecule has 2 aromatic rings. The highest BCUT2D eigenvalue weighted by molar-refractivity contribution is 5.85. The van der Waals surface area contributed by atoms with Crippen molar-refractivity contribution in [2.75, 3.05) is 7.05 Å². The van der Waals surface area contributed by atoms with Gasteiger partial charge in [-0.3, -0.25) is 4.79 Å². The average Bonchev–Trinajstić information content (AvgIpc) is 2.66. The maximum atomic E-state index is 11.7. The molecule has 0 spiro atoms. The largest absolute Gasteiger partial charge is 0.384 e. The van der Waals surface area contributed by atoms with Crippen LogP contribution in [0.2, 0.25) is 0 Å². The van der Waals surface area contributed by atoms with Crippen LogP contribution in [0.5, 0.6) is 0 Å². The number of benzene rings is 1. The van der Waals surface area contributed by atoms with Gasteiger partial charge in [0.2, 0.25) is 0 Å². The fraction of sp³-hybridized carbons (Fsp3) is 0.357. The molecule has 18 heavy (non-hydrogen) atoms. The molecule has 0 bridgehead atoms. The second-order valence-electron chi connectivity index (χ2n) is 4.65. The summed E-state index contributed by atoms with van der Waals surface area (Å²) in [5.41, 5.74) is 2.23. The minimum Gasteiger partial charge on any atom is -0.384 e. The van der Waals surface area contributed by atoms with Gasteiger partial charge in [-0.1, -0.05) is 18.2 Å². The zero-order valence-electron chi connectivity index (χ0n) is 10.9. The lowest BCUT2D eigenvalue weighted by Gasteiger charge is -2.18. The lowest BCUT2D eigenvalue weighted by molar-refractivity contribution is -0.138. The van der Waals surface area contributed by atoms with E-state index in [1.165, 1.54) is 6.92 Å². The molecule has 1 unspecified atom stereocenters. The molecule has 0 radical (unpaired) electrons. The SMILES string of the molecule is CC(O)C(=O)N(C)Cc1cn(C)c2ccccc12. The van der Waals surface area contributed by atoms with Gasteiger partial charge in [0.25, 0.3) is 5.91 Å². The maximum Gasteiger partial charge on any atom is 0.251 e. The van der Waals surface area contributed by atoms with Crippen LogP contribution in [0.4, 0.5) is 0 Å². The normalized spacial score (nSPS) is 12.7. The molecule has 4 nitrogen and oxygen atoms in total. The summed E-state index contributed by atoms with van der Waals surface area (Å²) >= 11 is 0. The number of hydrogen-bond donors (Lipinski definition) is 1. The number of amides is 1. The Morgan fingerprint density at radius 1 is 1.44 bits per heavy atom. The van der Waals surface area contributed by atoms with Crippen molar-refractivity contribution < 1.29 is 9.90 Å². The molecule has 1 aromatic carbocycles. The van der Waals surface area contributed by atoms with Crippen molar-refractivity contribution in [3.8, 4) is 0 Å². The van der Waals surface area contributed by atoms with Crippen molar-refractivity contribution in [1.29, 1.82) is 0 Å². The van der Waals surface area contributed by atoms with E-state index in [0.717, 1.165) is 16.5 Å². The number of rotatable bonds is 3. The molecular weight excluding hydrogens is 228 g/mol. The predicted octanol–water partition coefficient (Wildman–Crippen LogP) is 1.52. The van der Waals surface area contributed by atoms with E-state index in [9.17, 15) is 9.90 Å². The Morgan fingerprint density at radius 3 is 2.78 bits per heavy atom. The third-order valence-electron chi connectivity index (χ3n) is 3.12. The fourth-order valence-corrected chi connectivity index (χ4v) is 2.20. The van der Waals surface area contributed by atoms with Crippen LogP contribution < -0.4 is 0 Å². The molecule has 1 N–H and O–H groups in total. The summed E-state index contributed by atoms with van der Waals surface area (Å²) in [4.78, 5) is 13.2. The molecule has 0 saturated heterocycles. The van der Waals surface area contributed by atoms with Crippen LogP contribution in [-0.2, 0) is 18.4 Å². The quantitative estimate of drug-likeness (QED) is 0.892. The number of carbonyl (C=O) groups is 1. The van der Waals surface area contributed by atoms with Gasteiger partial charge in [0, 0.05) is 37.7 Å². The molecule has 0 fully saturated rings. The number of fused-ring (bicyclic) bond motifs is 1. The number of nitrogens with zero attached hydrogens (tertiary/aromatic N) is 2. The van der Waals surface area contributed by atoms with Crippen molar-refractivity contribution in [1.82, 2.24) is 9.47 Å². The molecule has 1 aromatic heterocycles. The van der Waals surface area contributed by atoms with Crippen LogP contribution in [-0.4, -0.2) is 33.6 Å². The van der Waals surface area contributed by atoms with E-state index in [-0.39, 0.29) is 5.91 Å². The number of aryl methyl sites for hydroxylation is 1. The van der Waals surface area contributed by atoms with Gasteiger partial charge in [0.15, 0.2) is 0 Å². The van der Waals surface area contributed by atoms with Gasteiger partial charge in [-0.05, 0) is 18.6 Å². The molecule has 1 amide bonds. The Balaban J connectivity index is 2.30. The maximum absolute atomic E-state index is 11.7. The van der Waals surface area contributed by atoms with E-state index in [1.54, 1.807) is 11.9 Å². The van der Waals surface area contributed by atoms with Crippen molar-refractivity contribution in [3.63, 3.8) is 0 Å². The van der Waals surface area contributed by atoms with Crippen molar-refractivity contribution in [2.24, 2.45) is 7.05 Å². The summed E-state index contributed by atoms with van der Waals surface area (Å²) in [6, 6.07) is 8.08. The Labute approximate surface area is 106 Å². The Kier molecular flexibility index (Phi) is 3.39. The number of aliphatic hydroxyl groups is 1. The zero-order chi connectivity index (χ0) is 13.3. The summed E-state index contributed by atoms with van der Waals surface area (Å²) in [6.07, 6.45) is 1.07. The molecule has 0 saturated carbocycles. The summed E-state index contributed by atoms with van der Waals surface area (Å²) in [5, 5.41) is 10.4. The van der Waals surface area contributed by atoms with E-state index in [0.29, 0.717) is 6.54 Å². The first-order valence-corrected chi connectivity index (χ1v) is 5.96. The predicted molar refractivity (Wildman–Crippen MR) is 71.1 cm³/mol. The van der Waals surface area contributed by atoms with Crippen LogP contribution in [0.3, 0.4) is 0 Å².